The third kappa shape index (κ3) is 4.16. The molecule has 1 aromatic rings. The van der Waals surface area contributed by atoms with E-state index in [0.29, 0.717) is 30.2 Å². The SMILES string of the molecule is COCCC(CCl)NC(=O)c1ccncc1OC. The van der Waals surface area contributed by atoms with Crippen molar-refractivity contribution in [3.05, 3.63) is 24.0 Å². The van der Waals surface area contributed by atoms with Crippen molar-refractivity contribution >= 4 is 17.5 Å². The molecule has 0 saturated carbocycles. The minimum absolute atomic E-state index is 0.128. The summed E-state index contributed by atoms with van der Waals surface area (Å²) in [6.45, 7) is 0.547. The molecule has 0 aromatic carbocycles. The van der Waals surface area contributed by atoms with E-state index >= 15 is 0 Å². The quantitative estimate of drug-likeness (QED) is 0.764. The lowest BCUT2D eigenvalue weighted by molar-refractivity contribution is 0.0927. The Labute approximate surface area is 111 Å². The van der Waals surface area contributed by atoms with Gasteiger partial charge in [-0.25, -0.2) is 0 Å². The number of amides is 1. The number of rotatable bonds is 7. The number of pyridine rings is 1. The van der Waals surface area contributed by atoms with E-state index in [1.165, 1.54) is 13.3 Å². The van der Waals surface area contributed by atoms with Crippen molar-refractivity contribution in [1.82, 2.24) is 10.3 Å². The van der Waals surface area contributed by atoms with Crippen LogP contribution in [0.15, 0.2) is 18.5 Å². The Balaban J connectivity index is 2.68. The van der Waals surface area contributed by atoms with Crippen molar-refractivity contribution in [1.29, 1.82) is 0 Å². The predicted octanol–water partition coefficient (Wildman–Crippen LogP) is 1.46. The van der Waals surface area contributed by atoms with Gasteiger partial charge in [0.2, 0.25) is 0 Å². The van der Waals surface area contributed by atoms with Crippen molar-refractivity contribution in [3.63, 3.8) is 0 Å². The van der Waals surface area contributed by atoms with Crippen LogP contribution in [0.25, 0.3) is 0 Å². The summed E-state index contributed by atoms with van der Waals surface area (Å²) in [5.74, 6) is 0.550. The summed E-state index contributed by atoms with van der Waals surface area (Å²) in [5, 5.41) is 2.83. The summed E-state index contributed by atoms with van der Waals surface area (Å²) < 4.78 is 10.0. The van der Waals surface area contributed by atoms with E-state index < -0.39 is 0 Å². The molecule has 0 radical (unpaired) electrons. The van der Waals surface area contributed by atoms with Crippen LogP contribution in [0.1, 0.15) is 16.8 Å². The molecule has 1 heterocycles. The number of alkyl halides is 1. The fourth-order valence-corrected chi connectivity index (χ4v) is 1.67. The van der Waals surface area contributed by atoms with Crippen LogP contribution in [0, 0.1) is 0 Å². The lowest BCUT2D eigenvalue weighted by Gasteiger charge is -2.16. The first kappa shape index (κ1) is 14.7. The maximum atomic E-state index is 12.0. The lowest BCUT2D eigenvalue weighted by Crippen LogP contribution is -2.37. The Bertz CT molecular complexity index is 387. The smallest absolute Gasteiger partial charge is 0.255 e. The largest absolute Gasteiger partial charge is 0.494 e. The molecule has 1 atom stereocenters. The van der Waals surface area contributed by atoms with E-state index in [-0.39, 0.29) is 11.9 Å². The predicted molar refractivity (Wildman–Crippen MR) is 69.3 cm³/mol. The van der Waals surface area contributed by atoms with Gasteiger partial charge >= 0.3 is 0 Å². The zero-order valence-corrected chi connectivity index (χ0v) is 11.2. The molecular formula is C12H17ClN2O3. The van der Waals surface area contributed by atoms with E-state index in [9.17, 15) is 4.79 Å². The summed E-state index contributed by atoms with van der Waals surface area (Å²) in [5.41, 5.74) is 0.444. The average molecular weight is 273 g/mol. The van der Waals surface area contributed by atoms with Gasteiger partial charge in [0, 0.05) is 31.8 Å². The fourth-order valence-electron chi connectivity index (χ4n) is 1.44. The number of nitrogens with zero attached hydrogens (tertiary/aromatic N) is 1. The van der Waals surface area contributed by atoms with Crippen molar-refractivity contribution in [2.75, 3.05) is 26.7 Å². The molecule has 0 spiro atoms. The van der Waals surface area contributed by atoms with Crippen LogP contribution in [-0.4, -0.2) is 43.6 Å². The molecule has 0 aliphatic rings. The monoisotopic (exact) mass is 272 g/mol. The number of aromatic nitrogens is 1. The number of hydrogen-bond acceptors (Lipinski definition) is 4. The van der Waals surface area contributed by atoms with Crippen LogP contribution < -0.4 is 10.1 Å². The van der Waals surface area contributed by atoms with Crippen molar-refractivity contribution in [2.45, 2.75) is 12.5 Å². The topological polar surface area (TPSA) is 60.5 Å². The van der Waals surface area contributed by atoms with Crippen LogP contribution in [-0.2, 0) is 4.74 Å². The molecule has 0 aliphatic carbocycles. The van der Waals surface area contributed by atoms with Crippen molar-refractivity contribution in [3.8, 4) is 5.75 Å². The Hall–Kier alpha value is -1.33. The zero-order valence-electron chi connectivity index (χ0n) is 10.5. The van der Waals surface area contributed by atoms with Gasteiger partial charge in [0.1, 0.15) is 5.75 Å². The number of carbonyl (C=O) groups is 1. The molecule has 100 valence electrons. The molecule has 0 bridgehead atoms. The summed E-state index contributed by atoms with van der Waals surface area (Å²) in [7, 11) is 3.11. The minimum Gasteiger partial charge on any atom is -0.494 e. The molecule has 1 N–H and O–H groups in total. The summed E-state index contributed by atoms with van der Waals surface area (Å²) >= 11 is 5.79. The van der Waals surface area contributed by atoms with E-state index in [0.717, 1.165) is 0 Å². The van der Waals surface area contributed by atoms with Crippen LogP contribution in [0.3, 0.4) is 0 Å². The Morgan fingerprint density at radius 1 is 1.56 bits per heavy atom. The van der Waals surface area contributed by atoms with Gasteiger partial charge in [0.15, 0.2) is 0 Å². The van der Waals surface area contributed by atoms with Crippen LogP contribution in [0.4, 0.5) is 0 Å². The first-order valence-electron chi connectivity index (χ1n) is 5.56. The highest BCUT2D eigenvalue weighted by Gasteiger charge is 2.16. The number of nitrogens with one attached hydrogen (secondary N) is 1. The van der Waals surface area contributed by atoms with Gasteiger partial charge in [-0.2, -0.15) is 0 Å². The third-order valence-corrected chi connectivity index (χ3v) is 2.81. The molecule has 1 unspecified atom stereocenters. The number of carbonyl (C=O) groups excluding carboxylic acids is 1. The molecular weight excluding hydrogens is 256 g/mol. The number of ether oxygens (including phenoxy) is 2. The average Bonchev–Trinajstić information content (AvgIpc) is 2.43. The highest BCUT2D eigenvalue weighted by atomic mass is 35.5. The van der Waals surface area contributed by atoms with Crippen LogP contribution in [0.5, 0.6) is 5.75 Å². The van der Waals surface area contributed by atoms with Crippen LogP contribution >= 0.6 is 11.6 Å². The molecule has 0 saturated heterocycles. The lowest BCUT2D eigenvalue weighted by atomic mass is 10.2. The van der Waals surface area contributed by atoms with Gasteiger partial charge in [-0.1, -0.05) is 0 Å². The normalized spacial score (nSPS) is 11.9. The molecule has 1 rings (SSSR count). The standard InChI is InChI=1S/C12H17ClN2O3/c1-17-6-4-9(7-13)15-12(16)10-3-5-14-8-11(10)18-2/h3,5,8-9H,4,6-7H2,1-2H3,(H,15,16). The Kier molecular flexibility index (Phi) is 6.46. The molecule has 5 nitrogen and oxygen atoms in total. The van der Waals surface area contributed by atoms with Crippen LogP contribution in [0.2, 0.25) is 0 Å². The third-order valence-electron chi connectivity index (χ3n) is 2.44. The molecule has 18 heavy (non-hydrogen) atoms. The number of halogens is 1. The van der Waals surface area contributed by atoms with Gasteiger partial charge in [-0.05, 0) is 12.5 Å². The van der Waals surface area contributed by atoms with Gasteiger partial charge in [0.05, 0.1) is 18.9 Å². The fraction of sp³-hybridized carbons (Fsp3) is 0.500. The summed E-state index contributed by atoms with van der Waals surface area (Å²) in [4.78, 5) is 15.9. The van der Waals surface area contributed by atoms with E-state index in [4.69, 9.17) is 21.1 Å². The number of hydrogen-bond donors (Lipinski definition) is 1. The molecule has 0 aliphatic heterocycles. The summed E-state index contributed by atoms with van der Waals surface area (Å²) in [6, 6.07) is 1.48. The maximum absolute atomic E-state index is 12.0. The van der Waals surface area contributed by atoms with E-state index in [1.54, 1.807) is 19.4 Å². The Morgan fingerprint density at radius 2 is 2.33 bits per heavy atom. The second kappa shape index (κ2) is 7.89. The Morgan fingerprint density at radius 3 is 2.94 bits per heavy atom. The van der Waals surface area contributed by atoms with Crippen molar-refractivity contribution < 1.29 is 14.3 Å². The highest BCUT2D eigenvalue weighted by molar-refractivity contribution is 6.18. The van der Waals surface area contributed by atoms with E-state index in [1.807, 2.05) is 0 Å². The van der Waals surface area contributed by atoms with Gasteiger partial charge in [-0.3, -0.25) is 9.78 Å². The van der Waals surface area contributed by atoms with Gasteiger partial charge in [0.25, 0.3) is 5.91 Å². The zero-order chi connectivity index (χ0) is 13.4. The first-order chi connectivity index (χ1) is 8.72. The molecule has 6 heteroatoms. The maximum Gasteiger partial charge on any atom is 0.255 e. The van der Waals surface area contributed by atoms with Gasteiger partial charge < -0.3 is 14.8 Å². The minimum atomic E-state index is -0.226. The van der Waals surface area contributed by atoms with Gasteiger partial charge in [-0.15, -0.1) is 11.6 Å². The molecule has 1 aromatic heterocycles. The van der Waals surface area contributed by atoms with Crippen molar-refractivity contribution in [2.24, 2.45) is 0 Å². The molecule has 0 fully saturated rings. The number of methoxy groups -OCH3 is 2. The van der Waals surface area contributed by atoms with E-state index in [2.05, 4.69) is 10.3 Å². The summed E-state index contributed by atoms with van der Waals surface area (Å²) in [6.07, 6.45) is 3.71. The second-order valence-electron chi connectivity index (χ2n) is 3.68. The second-order valence-corrected chi connectivity index (χ2v) is 3.99. The highest BCUT2D eigenvalue weighted by Crippen LogP contribution is 2.15. The molecule has 1 amide bonds. The first-order valence-corrected chi connectivity index (χ1v) is 6.10.